The van der Waals surface area contributed by atoms with Gasteiger partial charge < -0.3 is 22.3 Å². The van der Waals surface area contributed by atoms with Crippen molar-refractivity contribution in [2.75, 3.05) is 0 Å². The molecule has 0 spiro atoms. The van der Waals surface area contributed by atoms with Crippen LogP contribution in [-0.2, 0) is 15.3 Å². The van der Waals surface area contributed by atoms with Gasteiger partial charge in [-0.15, -0.1) is 0 Å². The Balaban J connectivity index is 0.000000578. The third kappa shape index (κ3) is 6.20. The number of nitrogens with zero attached hydrogens (tertiary/aromatic N) is 2. The van der Waals surface area contributed by atoms with Gasteiger partial charge in [-0.25, -0.2) is 0 Å². The molecular formula is C15H14N4O2-2. The summed E-state index contributed by atoms with van der Waals surface area (Å²) in [5.41, 5.74) is 13.2. The van der Waals surface area contributed by atoms with E-state index in [2.05, 4.69) is 0 Å². The molecule has 0 amide bonds. The van der Waals surface area contributed by atoms with Crippen molar-refractivity contribution in [3.8, 4) is 0 Å². The maximum Gasteiger partial charge on any atom is 0.116 e. The molecule has 0 unspecified atom stereocenters. The van der Waals surface area contributed by atoms with E-state index in [-0.39, 0.29) is 0 Å². The Hall–Kier alpha value is -2.88. The van der Waals surface area contributed by atoms with Crippen LogP contribution in [0.25, 0.3) is 10.8 Å². The van der Waals surface area contributed by atoms with Crippen molar-refractivity contribution < 1.29 is 9.59 Å². The lowest BCUT2D eigenvalue weighted by Gasteiger charge is -2.25. The number of nitrogens with two attached hydrogens (primary N) is 2. The van der Waals surface area contributed by atoms with E-state index >= 15 is 0 Å². The summed E-state index contributed by atoms with van der Waals surface area (Å²) in [6.45, 7) is 0. The predicted molar refractivity (Wildman–Crippen MR) is 80.1 cm³/mol. The Bertz CT molecular complexity index is 532. The van der Waals surface area contributed by atoms with E-state index in [4.69, 9.17) is 31.9 Å². The first-order chi connectivity index (χ1) is 10.0. The molecule has 0 radical (unpaired) electrons. The number of carbonyl (C=O) groups excluding carboxylic acids is 2. The molecule has 2 aromatic rings. The monoisotopic (exact) mass is 282 g/mol. The Morgan fingerprint density at radius 3 is 1.19 bits per heavy atom. The highest BCUT2D eigenvalue weighted by atomic mass is 16.1. The summed E-state index contributed by atoms with van der Waals surface area (Å²) in [6, 6.07) is 19.4. The molecule has 6 nitrogen and oxygen atoms in total. The van der Waals surface area contributed by atoms with Gasteiger partial charge in [0.05, 0.1) is 0 Å². The summed E-state index contributed by atoms with van der Waals surface area (Å²) >= 11 is 0. The lowest BCUT2D eigenvalue weighted by Crippen LogP contribution is -2.46. The first kappa shape index (κ1) is 18.1. The van der Waals surface area contributed by atoms with Gasteiger partial charge >= 0.3 is 0 Å². The van der Waals surface area contributed by atoms with Gasteiger partial charge in [-0.05, 0) is 23.3 Å². The highest BCUT2D eigenvalue weighted by Crippen LogP contribution is 2.20. The van der Waals surface area contributed by atoms with Crippen LogP contribution in [0.3, 0.4) is 0 Å². The molecule has 0 aliphatic carbocycles. The zero-order valence-electron chi connectivity index (χ0n) is 11.1. The summed E-state index contributed by atoms with van der Waals surface area (Å²) in [4.78, 5) is 16.5. The second-order valence-corrected chi connectivity index (χ2v) is 3.78. The van der Waals surface area contributed by atoms with Gasteiger partial charge in [0.25, 0.3) is 0 Å². The average molecular weight is 282 g/mol. The van der Waals surface area contributed by atoms with Crippen LogP contribution in [0.5, 0.6) is 0 Å². The zero-order chi connectivity index (χ0) is 16.1. The van der Waals surface area contributed by atoms with Crippen LogP contribution in [0.1, 0.15) is 11.1 Å². The fourth-order valence-corrected chi connectivity index (χ4v) is 1.59. The van der Waals surface area contributed by atoms with E-state index in [1.165, 1.54) is 0 Å². The number of hydrogen-bond acceptors (Lipinski definition) is 4. The smallest absolute Gasteiger partial charge is 0.116 e. The Morgan fingerprint density at radius 1 is 0.714 bits per heavy atom. The highest BCUT2D eigenvalue weighted by Gasteiger charge is 2.23. The topological polar surface area (TPSA) is 131 Å². The highest BCUT2D eigenvalue weighted by molar-refractivity contribution is 5.37. The van der Waals surface area contributed by atoms with Crippen LogP contribution in [0.15, 0.2) is 60.7 Å². The number of benzene rings is 2. The minimum Gasteiger partial charge on any atom is -0.724 e. The van der Waals surface area contributed by atoms with Crippen LogP contribution < -0.4 is 11.5 Å². The van der Waals surface area contributed by atoms with E-state index in [0.717, 1.165) is 11.1 Å². The Kier molecular flexibility index (Phi) is 8.61. The van der Waals surface area contributed by atoms with Crippen molar-refractivity contribution in [2.45, 2.75) is 5.66 Å². The van der Waals surface area contributed by atoms with E-state index in [1.54, 1.807) is 0 Å². The molecule has 4 N–H and O–H groups in total. The molecule has 0 bridgehead atoms. The maximum atomic E-state index is 8.24. The summed E-state index contributed by atoms with van der Waals surface area (Å²) < 4.78 is 0. The SMILES string of the molecule is NC(N)(c1ccccc1)c1ccccc1.[N-]=C=O.[N-]=C=O. The molecule has 0 saturated heterocycles. The van der Waals surface area contributed by atoms with Crippen LogP contribution >= 0.6 is 0 Å². The average Bonchev–Trinajstić information content (AvgIpc) is 2.51. The van der Waals surface area contributed by atoms with Gasteiger partial charge in [0.15, 0.2) is 0 Å². The predicted octanol–water partition coefficient (Wildman–Crippen LogP) is 1.59. The normalized spacial score (nSPS) is 8.86. The van der Waals surface area contributed by atoms with Gasteiger partial charge in [-0.2, -0.15) is 0 Å². The first-order valence-corrected chi connectivity index (χ1v) is 5.75. The summed E-state index contributed by atoms with van der Waals surface area (Å²) in [5.74, 6) is 0. The van der Waals surface area contributed by atoms with Crippen LogP contribution in [-0.4, -0.2) is 12.2 Å². The molecule has 2 rings (SSSR count). The van der Waals surface area contributed by atoms with Gasteiger partial charge in [0.2, 0.25) is 0 Å². The minimum absolute atomic E-state index is 0.500. The molecular weight excluding hydrogens is 268 g/mol. The molecule has 0 aliphatic rings. The largest absolute Gasteiger partial charge is 0.724 e. The molecule has 0 fully saturated rings. The molecule has 108 valence electrons. The molecule has 0 saturated carbocycles. The molecule has 6 heteroatoms. The van der Waals surface area contributed by atoms with Crippen molar-refractivity contribution >= 4 is 12.2 Å². The summed E-state index contributed by atoms with van der Waals surface area (Å²) in [5, 5.41) is 13.5. The summed E-state index contributed by atoms with van der Waals surface area (Å²) in [6.07, 6.45) is 1.00. The zero-order valence-corrected chi connectivity index (χ0v) is 11.1. The van der Waals surface area contributed by atoms with E-state index < -0.39 is 5.66 Å². The third-order valence-corrected chi connectivity index (χ3v) is 2.50. The van der Waals surface area contributed by atoms with Crippen LogP contribution in [0.2, 0.25) is 0 Å². The number of isocyanates is 2. The fourth-order valence-electron chi connectivity index (χ4n) is 1.59. The van der Waals surface area contributed by atoms with Gasteiger partial charge in [-0.3, -0.25) is 9.59 Å². The molecule has 0 atom stereocenters. The van der Waals surface area contributed by atoms with Crippen LogP contribution in [0, 0.1) is 0 Å². The van der Waals surface area contributed by atoms with Crippen molar-refractivity contribution in [3.63, 3.8) is 0 Å². The molecule has 0 aromatic heterocycles. The van der Waals surface area contributed by atoms with Crippen molar-refractivity contribution in [2.24, 2.45) is 11.5 Å². The van der Waals surface area contributed by atoms with Crippen molar-refractivity contribution in [1.29, 1.82) is 0 Å². The molecule has 0 heterocycles. The molecule has 0 aliphatic heterocycles. The van der Waals surface area contributed by atoms with E-state index in [0.29, 0.717) is 12.2 Å². The standard InChI is InChI=1S/C13H14N2.2CNO/c14-13(15,11-7-3-1-4-8-11)12-9-5-2-6-10-12;2*2-1-3/h1-10H,14-15H2;;/q;2*-1. The molecule has 21 heavy (non-hydrogen) atoms. The second-order valence-electron chi connectivity index (χ2n) is 3.78. The lowest BCUT2D eigenvalue weighted by atomic mass is 9.93. The van der Waals surface area contributed by atoms with Gasteiger partial charge in [0.1, 0.15) is 5.66 Å². The number of rotatable bonds is 2. The van der Waals surface area contributed by atoms with Crippen molar-refractivity contribution in [1.82, 2.24) is 0 Å². The quantitative estimate of drug-likeness (QED) is 0.491. The van der Waals surface area contributed by atoms with Crippen molar-refractivity contribution in [3.05, 3.63) is 82.6 Å². The molecule has 2 aromatic carbocycles. The Morgan fingerprint density at radius 2 is 0.952 bits per heavy atom. The minimum atomic E-state index is -0.914. The van der Waals surface area contributed by atoms with Crippen LogP contribution in [0.4, 0.5) is 0 Å². The number of hydrogen-bond donors (Lipinski definition) is 2. The second kappa shape index (κ2) is 9.97. The fraction of sp³-hybridized carbons (Fsp3) is 0.0667. The first-order valence-electron chi connectivity index (χ1n) is 5.75. The lowest BCUT2D eigenvalue weighted by molar-refractivity contribution is 0.567. The van der Waals surface area contributed by atoms with E-state index in [9.17, 15) is 0 Å². The van der Waals surface area contributed by atoms with E-state index in [1.807, 2.05) is 60.7 Å². The summed E-state index contributed by atoms with van der Waals surface area (Å²) in [7, 11) is 0. The Labute approximate surface area is 122 Å². The van der Waals surface area contributed by atoms with Gasteiger partial charge in [-0.1, -0.05) is 60.7 Å². The maximum absolute atomic E-state index is 8.24. The third-order valence-electron chi connectivity index (χ3n) is 2.50. The van der Waals surface area contributed by atoms with Gasteiger partial charge in [0, 0.05) is 0 Å².